The van der Waals surface area contributed by atoms with Crippen LogP contribution in [0.15, 0.2) is 36.6 Å². The van der Waals surface area contributed by atoms with Crippen LogP contribution in [0.3, 0.4) is 0 Å². The molecule has 35 heavy (non-hydrogen) atoms. The highest BCUT2D eigenvalue weighted by Crippen LogP contribution is 2.38. The molecule has 1 fully saturated rings. The van der Waals surface area contributed by atoms with Gasteiger partial charge in [-0.2, -0.15) is 18.3 Å². The van der Waals surface area contributed by atoms with Crippen molar-refractivity contribution in [3.63, 3.8) is 0 Å². The van der Waals surface area contributed by atoms with Crippen LogP contribution in [-0.4, -0.2) is 74.5 Å². The number of likely N-dealkylation sites (N-methyl/N-ethyl adjacent to an activating group) is 1. The Hall–Kier alpha value is -2.82. The summed E-state index contributed by atoms with van der Waals surface area (Å²) in [5.41, 5.74) is 1.99. The van der Waals surface area contributed by atoms with Gasteiger partial charge >= 0.3 is 6.18 Å². The van der Waals surface area contributed by atoms with Gasteiger partial charge in [-0.15, -0.1) is 10.2 Å². The van der Waals surface area contributed by atoms with Crippen molar-refractivity contribution in [3.05, 3.63) is 53.0 Å². The van der Waals surface area contributed by atoms with E-state index in [0.717, 1.165) is 57.2 Å². The molecule has 0 spiro atoms. The zero-order valence-electron chi connectivity index (χ0n) is 19.3. The molecule has 3 aromatic heterocycles. The van der Waals surface area contributed by atoms with Crippen molar-refractivity contribution in [3.8, 4) is 11.3 Å². The summed E-state index contributed by atoms with van der Waals surface area (Å²) in [7, 11) is 2.11. The fraction of sp³-hybridized carbons (Fsp3) is 0.417. The molecule has 7 nitrogen and oxygen atoms in total. The monoisotopic (exact) mass is 503 g/mol. The number of halogens is 4. The van der Waals surface area contributed by atoms with Crippen LogP contribution in [0.1, 0.15) is 24.2 Å². The molecule has 11 heteroatoms. The highest BCUT2D eigenvalue weighted by Gasteiger charge is 2.32. The van der Waals surface area contributed by atoms with Crippen LogP contribution in [0, 0.1) is 0 Å². The smallest absolute Gasteiger partial charge is 0.304 e. The average Bonchev–Trinajstić information content (AvgIpc) is 3.23. The SMILES string of the molecule is CN1CCN(CCn2nc(-c3ccc(C(F)(F)F)nc3)c3c(Cl)c(C4=CC=CCC4)nnc32)CC1. The van der Waals surface area contributed by atoms with E-state index in [1.54, 1.807) is 4.68 Å². The maximum atomic E-state index is 13.1. The summed E-state index contributed by atoms with van der Waals surface area (Å²) in [4.78, 5) is 8.27. The Bertz CT molecular complexity index is 1270. The van der Waals surface area contributed by atoms with Gasteiger partial charge in [0.25, 0.3) is 0 Å². The van der Waals surface area contributed by atoms with Crippen LogP contribution < -0.4 is 0 Å². The molecule has 0 atom stereocenters. The lowest BCUT2D eigenvalue weighted by Gasteiger charge is -2.32. The van der Waals surface area contributed by atoms with E-state index in [0.29, 0.717) is 39.6 Å². The minimum atomic E-state index is -4.51. The third kappa shape index (κ3) is 4.96. The number of rotatable bonds is 5. The Morgan fingerprint density at radius 2 is 1.83 bits per heavy atom. The Kier molecular flexibility index (Phi) is 6.61. The normalized spacial score (nSPS) is 17.8. The highest BCUT2D eigenvalue weighted by atomic mass is 35.5. The molecule has 4 heterocycles. The Morgan fingerprint density at radius 3 is 2.49 bits per heavy atom. The first-order chi connectivity index (χ1) is 16.8. The van der Waals surface area contributed by atoms with Crippen LogP contribution >= 0.6 is 11.6 Å². The van der Waals surface area contributed by atoms with Gasteiger partial charge in [-0.3, -0.25) is 9.88 Å². The van der Waals surface area contributed by atoms with Crippen molar-refractivity contribution >= 4 is 28.2 Å². The number of nitrogens with zero attached hydrogens (tertiary/aromatic N) is 7. The second kappa shape index (κ2) is 9.67. The lowest BCUT2D eigenvalue weighted by molar-refractivity contribution is -0.141. The first kappa shape index (κ1) is 23.9. The molecule has 2 aliphatic rings. The maximum Gasteiger partial charge on any atom is 0.433 e. The largest absolute Gasteiger partial charge is 0.433 e. The number of allylic oxidation sites excluding steroid dienone is 4. The molecule has 0 unspecified atom stereocenters. The van der Waals surface area contributed by atoms with Gasteiger partial charge in [-0.25, -0.2) is 4.68 Å². The Labute approximate surface area is 205 Å². The summed E-state index contributed by atoms with van der Waals surface area (Å²) in [6.07, 6.45) is 4.32. The van der Waals surface area contributed by atoms with E-state index in [1.165, 1.54) is 12.3 Å². The van der Waals surface area contributed by atoms with Gasteiger partial charge < -0.3 is 4.90 Å². The molecule has 1 saturated heterocycles. The molecule has 0 radical (unpaired) electrons. The predicted octanol–water partition coefficient (Wildman–Crippen LogP) is 4.54. The molecule has 3 aromatic rings. The molecule has 0 bridgehead atoms. The van der Waals surface area contributed by atoms with Gasteiger partial charge in [0.15, 0.2) is 5.65 Å². The number of alkyl halides is 3. The molecular formula is C24H25ClF3N7. The third-order valence-corrected chi connectivity index (χ3v) is 6.83. The van der Waals surface area contributed by atoms with E-state index in [1.807, 2.05) is 12.2 Å². The summed E-state index contributed by atoms with van der Waals surface area (Å²) < 4.78 is 40.9. The lowest BCUT2D eigenvalue weighted by atomic mass is 10.0. The van der Waals surface area contributed by atoms with Gasteiger partial charge in [0.05, 0.1) is 17.0 Å². The summed E-state index contributed by atoms with van der Waals surface area (Å²) >= 11 is 6.87. The zero-order chi connectivity index (χ0) is 24.6. The molecule has 0 N–H and O–H groups in total. The standard InChI is InChI=1S/C24H25ClF3N7/c1-33-9-11-34(12-10-33)13-14-35-23-19(20(25)22(30-31-23)16-5-3-2-4-6-16)21(32-35)17-7-8-18(29-15-17)24(26,27)28/h2-3,5,7-8,15H,4,6,9-14H2,1H3. The number of aromatic nitrogens is 5. The lowest BCUT2D eigenvalue weighted by Crippen LogP contribution is -2.45. The van der Waals surface area contributed by atoms with E-state index in [-0.39, 0.29) is 0 Å². The van der Waals surface area contributed by atoms with Crippen molar-refractivity contribution in [2.75, 3.05) is 39.8 Å². The molecule has 5 rings (SSSR count). The predicted molar refractivity (Wildman–Crippen MR) is 129 cm³/mol. The second-order valence-corrected chi connectivity index (χ2v) is 9.24. The van der Waals surface area contributed by atoms with E-state index >= 15 is 0 Å². The average molecular weight is 504 g/mol. The molecule has 0 amide bonds. The van der Waals surface area contributed by atoms with Crippen molar-refractivity contribution < 1.29 is 13.2 Å². The molecule has 1 aliphatic heterocycles. The maximum absolute atomic E-state index is 13.1. The van der Waals surface area contributed by atoms with Gasteiger partial charge in [-0.1, -0.05) is 29.8 Å². The van der Waals surface area contributed by atoms with Gasteiger partial charge in [0, 0.05) is 44.5 Å². The fourth-order valence-corrected chi connectivity index (χ4v) is 4.72. The summed E-state index contributed by atoms with van der Waals surface area (Å²) in [6.45, 7) is 5.26. The van der Waals surface area contributed by atoms with Crippen LogP contribution in [0.4, 0.5) is 13.2 Å². The van der Waals surface area contributed by atoms with E-state index in [4.69, 9.17) is 16.7 Å². The Balaban J connectivity index is 1.55. The highest BCUT2D eigenvalue weighted by molar-refractivity contribution is 6.37. The van der Waals surface area contributed by atoms with Crippen LogP contribution in [0.5, 0.6) is 0 Å². The molecular weight excluding hydrogens is 479 g/mol. The second-order valence-electron chi connectivity index (χ2n) is 8.87. The van der Waals surface area contributed by atoms with E-state index in [2.05, 4.69) is 38.1 Å². The number of hydrogen-bond acceptors (Lipinski definition) is 6. The van der Waals surface area contributed by atoms with Gasteiger partial charge in [0.2, 0.25) is 0 Å². The number of fused-ring (bicyclic) bond motifs is 1. The molecule has 184 valence electrons. The third-order valence-electron chi connectivity index (χ3n) is 6.47. The van der Waals surface area contributed by atoms with Crippen LogP contribution in [0.25, 0.3) is 27.9 Å². The van der Waals surface area contributed by atoms with E-state index < -0.39 is 11.9 Å². The number of hydrogen-bond donors (Lipinski definition) is 0. The van der Waals surface area contributed by atoms with Crippen LogP contribution in [-0.2, 0) is 12.7 Å². The van der Waals surface area contributed by atoms with Crippen molar-refractivity contribution in [2.45, 2.75) is 25.6 Å². The zero-order valence-corrected chi connectivity index (χ0v) is 20.0. The first-order valence-corrected chi connectivity index (χ1v) is 11.9. The minimum absolute atomic E-state index is 0.400. The van der Waals surface area contributed by atoms with Crippen molar-refractivity contribution in [1.82, 2.24) is 34.8 Å². The molecule has 0 saturated carbocycles. The number of pyridine rings is 1. The summed E-state index contributed by atoms with van der Waals surface area (Å²) in [5, 5.41) is 14.6. The van der Waals surface area contributed by atoms with Gasteiger partial charge in [0.1, 0.15) is 17.1 Å². The van der Waals surface area contributed by atoms with Crippen molar-refractivity contribution in [1.29, 1.82) is 0 Å². The topological polar surface area (TPSA) is 63.0 Å². The van der Waals surface area contributed by atoms with Crippen LogP contribution in [0.2, 0.25) is 5.02 Å². The van der Waals surface area contributed by atoms with Gasteiger partial charge in [-0.05, 0) is 37.6 Å². The fourth-order valence-electron chi connectivity index (χ4n) is 4.39. The minimum Gasteiger partial charge on any atom is -0.304 e. The van der Waals surface area contributed by atoms with Crippen molar-refractivity contribution in [2.24, 2.45) is 0 Å². The van der Waals surface area contributed by atoms with E-state index in [9.17, 15) is 13.2 Å². The number of piperazine rings is 1. The quantitative estimate of drug-likeness (QED) is 0.509. The first-order valence-electron chi connectivity index (χ1n) is 11.5. The Morgan fingerprint density at radius 1 is 1.03 bits per heavy atom. The summed E-state index contributed by atoms with van der Waals surface area (Å²) in [6, 6.07) is 2.34. The molecule has 1 aliphatic carbocycles. The summed E-state index contributed by atoms with van der Waals surface area (Å²) in [5.74, 6) is 0. The molecule has 0 aromatic carbocycles.